The number of carboxylic acid groups (broad SMARTS) is 2. The maximum atomic E-state index is 11.6. The van der Waals surface area contributed by atoms with E-state index in [9.17, 15) is 14.4 Å². The standard InChI is InChI=1S/C13H17N3O5/c1-8-3-2-4-9(15-8)7-14-13(21)16-10(12(19)20)5-6-11(17)18/h2-4,10H,5-7H2,1H3,(H,17,18)(H,19,20)(H2,14,16,21)/t10-/m0/s1. The molecule has 0 aliphatic carbocycles. The number of nitrogens with one attached hydrogen (secondary N) is 2. The van der Waals surface area contributed by atoms with Gasteiger partial charge in [0.1, 0.15) is 6.04 Å². The number of rotatable bonds is 7. The number of nitrogens with zero attached hydrogens (tertiary/aromatic N) is 1. The van der Waals surface area contributed by atoms with Gasteiger partial charge < -0.3 is 20.8 Å². The largest absolute Gasteiger partial charge is 0.481 e. The molecule has 21 heavy (non-hydrogen) atoms. The van der Waals surface area contributed by atoms with Crippen LogP contribution in [0.1, 0.15) is 24.2 Å². The number of hydrogen-bond acceptors (Lipinski definition) is 4. The van der Waals surface area contributed by atoms with E-state index in [1.54, 1.807) is 12.1 Å². The SMILES string of the molecule is Cc1cccc(CNC(=O)N[C@@H](CCC(=O)O)C(=O)O)n1. The Bertz CT molecular complexity index is 532. The number of pyridine rings is 1. The molecule has 0 bridgehead atoms. The lowest BCUT2D eigenvalue weighted by Crippen LogP contribution is -2.46. The molecule has 114 valence electrons. The second-order valence-corrected chi connectivity index (χ2v) is 4.42. The highest BCUT2D eigenvalue weighted by atomic mass is 16.4. The summed E-state index contributed by atoms with van der Waals surface area (Å²) in [6.45, 7) is 1.97. The first-order chi connectivity index (χ1) is 9.88. The molecule has 0 aliphatic rings. The molecule has 8 heteroatoms. The molecule has 0 aromatic carbocycles. The van der Waals surface area contributed by atoms with Crippen molar-refractivity contribution in [3.8, 4) is 0 Å². The van der Waals surface area contributed by atoms with Crippen molar-refractivity contribution >= 4 is 18.0 Å². The summed E-state index contributed by atoms with van der Waals surface area (Å²) in [5.41, 5.74) is 1.45. The van der Waals surface area contributed by atoms with Crippen molar-refractivity contribution in [2.45, 2.75) is 32.4 Å². The molecule has 0 spiro atoms. The third kappa shape index (κ3) is 6.37. The minimum atomic E-state index is -1.28. The molecule has 0 saturated heterocycles. The molecule has 1 heterocycles. The van der Waals surface area contributed by atoms with E-state index in [1.165, 1.54) is 0 Å². The number of urea groups is 1. The van der Waals surface area contributed by atoms with Gasteiger partial charge in [0.2, 0.25) is 0 Å². The highest BCUT2D eigenvalue weighted by Crippen LogP contribution is 1.99. The molecule has 4 N–H and O–H groups in total. The lowest BCUT2D eigenvalue weighted by Gasteiger charge is -2.14. The normalized spacial score (nSPS) is 11.5. The van der Waals surface area contributed by atoms with E-state index >= 15 is 0 Å². The van der Waals surface area contributed by atoms with Crippen molar-refractivity contribution in [1.29, 1.82) is 0 Å². The summed E-state index contributed by atoms with van der Waals surface area (Å²) in [5.74, 6) is -2.40. The van der Waals surface area contributed by atoms with Gasteiger partial charge in [0, 0.05) is 12.1 Å². The Morgan fingerprint density at radius 3 is 2.57 bits per heavy atom. The zero-order valence-corrected chi connectivity index (χ0v) is 11.5. The van der Waals surface area contributed by atoms with Gasteiger partial charge in [0.25, 0.3) is 0 Å². The van der Waals surface area contributed by atoms with Crippen LogP contribution >= 0.6 is 0 Å². The van der Waals surface area contributed by atoms with Crippen LogP contribution in [-0.2, 0) is 16.1 Å². The third-order valence-corrected chi connectivity index (χ3v) is 2.63. The average molecular weight is 295 g/mol. The topological polar surface area (TPSA) is 129 Å². The number of hydrogen-bond donors (Lipinski definition) is 4. The molecule has 1 atom stereocenters. The van der Waals surface area contributed by atoms with Crippen molar-refractivity contribution in [3.05, 3.63) is 29.6 Å². The Kier molecular flexibility index (Phi) is 6.12. The fourth-order valence-corrected chi connectivity index (χ4v) is 1.60. The molecule has 1 aromatic rings. The van der Waals surface area contributed by atoms with Crippen molar-refractivity contribution in [3.63, 3.8) is 0 Å². The highest BCUT2D eigenvalue weighted by molar-refractivity contribution is 5.82. The summed E-state index contributed by atoms with van der Waals surface area (Å²) in [5, 5.41) is 22.1. The molecule has 0 saturated carbocycles. The number of aliphatic carboxylic acids is 2. The summed E-state index contributed by atoms with van der Waals surface area (Å²) in [4.78, 5) is 37.1. The van der Waals surface area contributed by atoms with E-state index in [2.05, 4.69) is 15.6 Å². The first kappa shape index (κ1) is 16.4. The van der Waals surface area contributed by atoms with Crippen LogP contribution in [0.5, 0.6) is 0 Å². The summed E-state index contributed by atoms with van der Waals surface area (Å²) in [7, 11) is 0. The van der Waals surface area contributed by atoms with Crippen LogP contribution in [0, 0.1) is 6.92 Å². The zero-order chi connectivity index (χ0) is 15.8. The first-order valence-corrected chi connectivity index (χ1v) is 6.30. The molecule has 2 amide bonds. The lowest BCUT2D eigenvalue weighted by atomic mass is 10.1. The third-order valence-electron chi connectivity index (χ3n) is 2.63. The zero-order valence-electron chi connectivity index (χ0n) is 11.5. The van der Waals surface area contributed by atoms with Gasteiger partial charge >= 0.3 is 18.0 Å². The average Bonchev–Trinajstić information content (AvgIpc) is 2.40. The fraction of sp³-hybridized carbons (Fsp3) is 0.385. The van der Waals surface area contributed by atoms with Crippen molar-refractivity contribution < 1.29 is 24.6 Å². The van der Waals surface area contributed by atoms with Crippen LogP contribution in [0.15, 0.2) is 18.2 Å². The Labute approximate surface area is 121 Å². The Hall–Kier alpha value is -2.64. The van der Waals surface area contributed by atoms with Crippen molar-refractivity contribution in [2.75, 3.05) is 0 Å². The van der Waals surface area contributed by atoms with E-state index < -0.39 is 24.0 Å². The van der Waals surface area contributed by atoms with Crippen molar-refractivity contribution in [1.82, 2.24) is 15.6 Å². The number of aromatic nitrogens is 1. The fourth-order valence-electron chi connectivity index (χ4n) is 1.60. The Morgan fingerprint density at radius 1 is 1.29 bits per heavy atom. The molecule has 0 aliphatic heterocycles. The lowest BCUT2D eigenvalue weighted by molar-refractivity contribution is -0.140. The van der Waals surface area contributed by atoms with E-state index in [0.29, 0.717) is 5.69 Å². The molecule has 0 unspecified atom stereocenters. The van der Waals surface area contributed by atoms with Gasteiger partial charge in [0.15, 0.2) is 0 Å². The Morgan fingerprint density at radius 2 is 2.00 bits per heavy atom. The number of carbonyl (C=O) groups is 3. The second kappa shape index (κ2) is 7.83. The predicted octanol–water partition coefficient (Wildman–Crippen LogP) is 0.507. The monoisotopic (exact) mass is 295 g/mol. The summed E-state index contributed by atoms with van der Waals surface area (Å²) >= 11 is 0. The van der Waals surface area contributed by atoms with Gasteiger partial charge in [-0.3, -0.25) is 9.78 Å². The molecular formula is C13H17N3O5. The molecule has 0 fully saturated rings. The smallest absolute Gasteiger partial charge is 0.326 e. The van der Waals surface area contributed by atoms with Crippen LogP contribution in [0.3, 0.4) is 0 Å². The van der Waals surface area contributed by atoms with Crippen LogP contribution in [0.2, 0.25) is 0 Å². The molecule has 1 rings (SSSR count). The van der Waals surface area contributed by atoms with Crippen LogP contribution in [0.25, 0.3) is 0 Å². The minimum absolute atomic E-state index is 0.152. The van der Waals surface area contributed by atoms with Gasteiger partial charge in [-0.15, -0.1) is 0 Å². The van der Waals surface area contributed by atoms with Crippen LogP contribution < -0.4 is 10.6 Å². The van der Waals surface area contributed by atoms with E-state index in [-0.39, 0.29) is 19.4 Å². The second-order valence-electron chi connectivity index (χ2n) is 4.42. The number of carboxylic acids is 2. The van der Waals surface area contributed by atoms with Gasteiger partial charge in [-0.2, -0.15) is 0 Å². The number of aryl methyl sites for hydroxylation is 1. The maximum Gasteiger partial charge on any atom is 0.326 e. The van der Waals surface area contributed by atoms with E-state index in [1.807, 2.05) is 13.0 Å². The van der Waals surface area contributed by atoms with E-state index in [4.69, 9.17) is 10.2 Å². The molecule has 8 nitrogen and oxygen atoms in total. The predicted molar refractivity (Wildman–Crippen MR) is 72.6 cm³/mol. The van der Waals surface area contributed by atoms with E-state index in [0.717, 1.165) is 5.69 Å². The van der Waals surface area contributed by atoms with Crippen molar-refractivity contribution in [2.24, 2.45) is 0 Å². The molecular weight excluding hydrogens is 278 g/mol. The van der Waals surface area contributed by atoms with Gasteiger partial charge in [-0.25, -0.2) is 9.59 Å². The number of amides is 2. The van der Waals surface area contributed by atoms with Crippen LogP contribution in [-0.4, -0.2) is 39.2 Å². The number of carbonyl (C=O) groups excluding carboxylic acids is 1. The summed E-state index contributed by atoms with van der Waals surface area (Å²) in [6, 6.07) is 3.41. The van der Waals surface area contributed by atoms with Gasteiger partial charge in [-0.1, -0.05) is 6.07 Å². The summed E-state index contributed by atoms with van der Waals surface area (Å²) < 4.78 is 0. The van der Waals surface area contributed by atoms with Crippen LogP contribution in [0.4, 0.5) is 4.79 Å². The first-order valence-electron chi connectivity index (χ1n) is 6.30. The Balaban J connectivity index is 2.46. The van der Waals surface area contributed by atoms with Gasteiger partial charge in [-0.05, 0) is 25.5 Å². The highest BCUT2D eigenvalue weighted by Gasteiger charge is 2.20. The maximum absolute atomic E-state index is 11.6. The quantitative estimate of drug-likeness (QED) is 0.580. The van der Waals surface area contributed by atoms with Gasteiger partial charge in [0.05, 0.1) is 12.2 Å². The molecule has 1 aromatic heterocycles. The minimum Gasteiger partial charge on any atom is -0.481 e. The summed E-state index contributed by atoms with van der Waals surface area (Å²) in [6.07, 6.45) is -0.516. The molecule has 0 radical (unpaired) electrons.